The summed E-state index contributed by atoms with van der Waals surface area (Å²) in [5, 5.41) is 5.63. The number of piperidine rings is 1. The second-order valence-electron chi connectivity index (χ2n) is 10.2. The van der Waals surface area contributed by atoms with Crippen LogP contribution in [0.4, 0.5) is 42.1 Å². The van der Waals surface area contributed by atoms with Crippen LogP contribution in [-0.4, -0.2) is 70.9 Å². The third-order valence-electron chi connectivity index (χ3n) is 6.70. The number of likely N-dealkylation sites (tertiary alicyclic amines) is 1. The Hall–Kier alpha value is -3.75. The number of hydrogen-bond donors (Lipinski definition) is 3. The summed E-state index contributed by atoms with van der Waals surface area (Å²) in [5.74, 6) is -0.568. The predicted octanol–water partition coefficient (Wildman–Crippen LogP) is 5.49. The summed E-state index contributed by atoms with van der Waals surface area (Å²) in [7, 11) is -3.06. The molecule has 1 unspecified atom stereocenters. The molecule has 1 amide bonds. The van der Waals surface area contributed by atoms with Crippen LogP contribution < -0.4 is 20.1 Å². The van der Waals surface area contributed by atoms with Crippen molar-refractivity contribution in [1.29, 1.82) is 0 Å². The summed E-state index contributed by atoms with van der Waals surface area (Å²) in [5.41, 5.74) is -0.119. The molecule has 4 rings (SSSR count). The first kappa shape index (κ1) is 34.1. The summed E-state index contributed by atoms with van der Waals surface area (Å²) in [6.45, 7) is -0.914. The third-order valence-corrected chi connectivity index (χ3v) is 9.34. The van der Waals surface area contributed by atoms with Gasteiger partial charge in [-0.25, -0.2) is 30.7 Å². The summed E-state index contributed by atoms with van der Waals surface area (Å²) < 4.78 is 129. The van der Waals surface area contributed by atoms with Crippen LogP contribution >= 0.6 is 11.3 Å². The van der Waals surface area contributed by atoms with Gasteiger partial charge in [-0.05, 0) is 30.5 Å². The van der Waals surface area contributed by atoms with Gasteiger partial charge in [-0.1, -0.05) is 24.0 Å². The van der Waals surface area contributed by atoms with Gasteiger partial charge in [-0.15, -0.1) is 11.3 Å². The molecule has 0 bridgehead atoms. The highest BCUT2D eigenvalue weighted by Gasteiger charge is 2.44. The Morgan fingerprint density at radius 3 is 2.60 bits per heavy atom. The van der Waals surface area contributed by atoms with Gasteiger partial charge >= 0.3 is 6.18 Å². The maximum atomic E-state index is 14.7. The van der Waals surface area contributed by atoms with Gasteiger partial charge in [-0.3, -0.25) is 4.79 Å². The monoisotopic (exact) mass is 680 g/mol. The van der Waals surface area contributed by atoms with Crippen LogP contribution in [0.3, 0.4) is 0 Å². The molecule has 3 N–H and O–H groups in total. The van der Waals surface area contributed by atoms with E-state index < -0.39 is 70.4 Å². The van der Waals surface area contributed by atoms with E-state index in [1.165, 1.54) is 23.1 Å². The van der Waals surface area contributed by atoms with E-state index in [-0.39, 0.29) is 40.2 Å². The number of benzene rings is 2. The van der Waals surface area contributed by atoms with Crippen molar-refractivity contribution in [2.75, 3.05) is 44.2 Å². The Balaban J connectivity index is 1.64. The van der Waals surface area contributed by atoms with Crippen LogP contribution in [0.2, 0.25) is 0 Å². The van der Waals surface area contributed by atoms with E-state index in [0.717, 1.165) is 18.3 Å². The van der Waals surface area contributed by atoms with Crippen molar-refractivity contribution in [3.63, 3.8) is 0 Å². The number of halogens is 7. The van der Waals surface area contributed by atoms with E-state index >= 15 is 0 Å². The van der Waals surface area contributed by atoms with E-state index in [9.17, 15) is 43.9 Å². The fourth-order valence-corrected chi connectivity index (χ4v) is 7.04. The summed E-state index contributed by atoms with van der Waals surface area (Å²) in [4.78, 5) is 11.7. The minimum atomic E-state index is -4.64. The number of hydrogen-bond acceptors (Lipinski definition) is 8. The molecule has 1 aromatic heterocycles. The standard InChI is InChI=1S/C28H27F7N4O4S2/c1-16(40)38-45(41,42)24-12-22(43-15-29)21(11-19(24)30)36-9-4-7-23-18(13-28(33,34)35)17-5-3-6-20(26(17)44-23)37-25-8-10-39(2)14-27(25,31)32/h3,5-6,11-12,25,36-37H,8-10,13-15H2,1-2H3,(H,38,40). The summed E-state index contributed by atoms with van der Waals surface area (Å²) >= 11 is 0.895. The minimum absolute atomic E-state index is 0.0247. The van der Waals surface area contributed by atoms with E-state index in [1.807, 2.05) is 0 Å². The molecule has 45 heavy (non-hydrogen) atoms. The Morgan fingerprint density at radius 2 is 1.96 bits per heavy atom. The molecular formula is C28H27F7N4O4S2. The number of nitrogens with zero attached hydrogens (tertiary/aromatic N) is 1. The van der Waals surface area contributed by atoms with Crippen LogP contribution in [0.15, 0.2) is 35.2 Å². The molecule has 1 saturated heterocycles. The van der Waals surface area contributed by atoms with Crippen molar-refractivity contribution in [2.45, 2.75) is 42.8 Å². The second kappa shape index (κ2) is 13.3. The Kier molecular flexibility index (Phi) is 10.1. The largest absolute Gasteiger partial charge is 0.461 e. The molecule has 0 radical (unpaired) electrons. The van der Waals surface area contributed by atoms with Crippen molar-refractivity contribution >= 4 is 48.7 Å². The quantitative estimate of drug-likeness (QED) is 0.203. The molecule has 17 heteroatoms. The summed E-state index contributed by atoms with van der Waals surface area (Å²) in [6.07, 6.45) is -5.82. The number of thiophene rings is 1. The first-order chi connectivity index (χ1) is 21.0. The van der Waals surface area contributed by atoms with Crippen molar-refractivity contribution in [1.82, 2.24) is 9.62 Å². The zero-order valence-corrected chi connectivity index (χ0v) is 25.4. The van der Waals surface area contributed by atoms with Gasteiger partial charge in [0, 0.05) is 25.6 Å². The highest BCUT2D eigenvalue weighted by Crippen LogP contribution is 2.40. The molecule has 1 aliphatic heterocycles. The molecule has 0 spiro atoms. The van der Waals surface area contributed by atoms with Gasteiger partial charge in [0.05, 0.1) is 46.5 Å². The molecule has 2 heterocycles. The second-order valence-corrected chi connectivity index (χ2v) is 12.9. The lowest BCUT2D eigenvalue weighted by Crippen LogP contribution is -2.53. The maximum absolute atomic E-state index is 14.7. The number of sulfonamides is 1. The molecule has 1 fully saturated rings. The normalized spacial score (nSPS) is 17.0. The number of ether oxygens (including phenoxy) is 1. The molecule has 1 atom stereocenters. The van der Waals surface area contributed by atoms with Crippen LogP contribution in [0.5, 0.6) is 5.75 Å². The van der Waals surface area contributed by atoms with Crippen LogP contribution in [0.1, 0.15) is 23.8 Å². The van der Waals surface area contributed by atoms with Gasteiger partial charge in [0.2, 0.25) is 12.8 Å². The zero-order valence-electron chi connectivity index (χ0n) is 23.7. The van der Waals surface area contributed by atoms with Crippen LogP contribution in [-0.2, 0) is 21.2 Å². The van der Waals surface area contributed by atoms with Gasteiger partial charge in [0.1, 0.15) is 16.5 Å². The lowest BCUT2D eigenvalue weighted by molar-refractivity contribution is -0.127. The number of amides is 1. The van der Waals surface area contributed by atoms with Crippen molar-refractivity contribution in [2.24, 2.45) is 0 Å². The molecule has 1 aliphatic rings. The number of anilines is 2. The molecular weight excluding hydrogens is 653 g/mol. The SMILES string of the molecule is CC(=O)NS(=O)(=O)c1cc(OCF)c(NCC#Cc2sc3c(NC4CCN(C)CC4(F)F)cccc3c2CC(F)(F)F)cc1F. The Morgan fingerprint density at radius 1 is 1.22 bits per heavy atom. The molecule has 3 aromatic rings. The molecule has 0 aliphatic carbocycles. The fourth-order valence-electron chi connectivity index (χ4n) is 4.80. The number of carbonyl (C=O) groups is 1. The topological polar surface area (TPSA) is 99.8 Å². The lowest BCUT2D eigenvalue weighted by Gasteiger charge is -2.37. The van der Waals surface area contributed by atoms with E-state index in [4.69, 9.17) is 4.74 Å². The molecule has 2 aromatic carbocycles. The number of nitrogens with one attached hydrogen (secondary N) is 3. The highest BCUT2D eigenvalue weighted by atomic mass is 32.2. The highest BCUT2D eigenvalue weighted by molar-refractivity contribution is 7.90. The number of alkyl halides is 6. The number of fused-ring (bicyclic) bond motifs is 1. The van der Waals surface area contributed by atoms with Crippen LogP contribution in [0.25, 0.3) is 10.1 Å². The molecule has 0 saturated carbocycles. The first-order valence-electron chi connectivity index (χ1n) is 13.2. The van der Waals surface area contributed by atoms with Gasteiger partial charge < -0.3 is 20.3 Å². The number of carbonyl (C=O) groups excluding carboxylic acids is 1. The fraction of sp³-hybridized carbons (Fsp3) is 0.393. The van der Waals surface area contributed by atoms with Crippen molar-refractivity contribution in [3.05, 3.63) is 46.6 Å². The third kappa shape index (κ3) is 8.30. The van der Waals surface area contributed by atoms with E-state index in [0.29, 0.717) is 23.4 Å². The Labute approximate surface area is 258 Å². The predicted molar refractivity (Wildman–Crippen MR) is 155 cm³/mol. The van der Waals surface area contributed by atoms with Gasteiger partial charge in [0.15, 0.2) is 0 Å². The summed E-state index contributed by atoms with van der Waals surface area (Å²) in [6, 6.07) is 4.54. The van der Waals surface area contributed by atoms with Crippen LogP contribution in [0, 0.1) is 17.7 Å². The first-order valence-corrected chi connectivity index (χ1v) is 15.5. The average molecular weight is 681 g/mol. The van der Waals surface area contributed by atoms with Crippen molar-refractivity contribution < 1.29 is 48.7 Å². The van der Waals surface area contributed by atoms with Gasteiger partial charge in [0.25, 0.3) is 15.9 Å². The van der Waals surface area contributed by atoms with Gasteiger partial charge in [-0.2, -0.15) is 13.2 Å². The Bertz CT molecular complexity index is 1750. The van der Waals surface area contributed by atoms with Crippen molar-refractivity contribution in [3.8, 4) is 17.6 Å². The zero-order chi connectivity index (χ0) is 33.2. The average Bonchev–Trinajstić information content (AvgIpc) is 3.25. The molecule has 244 valence electrons. The van der Waals surface area contributed by atoms with E-state index in [2.05, 4.69) is 22.5 Å². The smallest absolute Gasteiger partial charge is 0.393 e. The number of rotatable bonds is 9. The lowest BCUT2D eigenvalue weighted by atomic mass is 10.0. The minimum Gasteiger partial charge on any atom is -0.461 e. The van der Waals surface area contributed by atoms with E-state index in [1.54, 1.807) is 11.8 Å². The maximum Gasteiger partial charge on any atom is 0.393 e. The molecule has 8 nitrogen and oxygen atoms in total.